The zero-order valence-corrected chi connectivity index (χ0v) is 10.4. The fraction of sp³-hybridized carbons (Fsp3) is 0.167. The van der Waals surface area contributed by atoms with Crippen LogP contribution in [-0.2, 0) is 6.54 Å². The Hall–Kier alpha value is -1.88. The first kappa shape index (κ1) is 12.6. The van der Waals surface area contributed by atoms with Crippen LogP contribution in [0.25, 0.3) is 0 Å². The number of rotatable bonds is 3. The third-order valence-electron chi connectivity index (χ3n) is 2.50. The van der Waals surface area contributed by atoms with Gasteiger partial charge < -0.3 is 4.90 Å². The van der Waals surface area contributed by atoms with Crippen molar-refractivity contribution in [2.45, 2.75) is 6.54 Å². The van der Waals surface area contributed by atoms with Crippen LogP contribution < -0.4 is 0 Å². The Balaban J connectivity index is 2.21. The van der Waals surface area contributed by atoms with Crippen LogP contribution in [0.4, 0.5) is 4.39 Å². The number of halogens is 2. The lowest BCUT2D eigenvalue weighted by molar-refractivity contribution is 0.0780. The first-order chi connectivity index (χ1) is 8.59. The van der Waals surface area contributed by atoms with Crippen molar-refractivity contribution in [1.82, 2.24) is 15.1 Å². The predicted octanol–water partition coefficient (Wildman–Crippen LogP) is 2.47. The minimum Gasteiger partial charge on any atom is -0.337 e. The molecule has 2 rings (SSSR count). The van der Waals surface area contributed by atoms with E-state index in [1.165, 1.54) is 23.1 Å². The van der Waals surface area contributed by atoms with Gasteiger partial charge in [0.2, 0.25) is 0 Å². The van der Waals surface area contributed by atoms with E-state index >= 15 is 0 Å². The smallest absolute Gasteiger partial charge is 0.258 e. The molecule has 0 atom stereocenters. The van der Waals surface area contributed by atoms with E-state index in [0.29, 0.717) is 6.54 Å². The van der Waals surface area contributed by atoms with Crippen molar-refractivity contribution in [3.8, 4) is 0 Å². The molecule has 0 radical (unpaired) electrons. The maximum Gasteiger partial charge on any atom is 0.258 e. The number of aromatic nitrogens is 2. The van der Waals surface area contributed by atoms with E-state index in [1.54, 1.807) is 19.4 Å². The summed E-state index contributed by atoms with van der Waals surface area (Å²) in [6.07, 6.45) is 3.28. The van der Waals surface area contributed by atoms with E-state index in [4.69, 9.17) is 11.6 Å². The van der Waals surface area contributed by atoms with Gasteiger partial charge in [-0.2, -0.15) is 5.10 Å². The molecule has 2 aromatic rings. The monoisotopic (exact) mass is 267 g/mol. The highest BCUT2D eigenvalue weighted by Crippen LogP contribution is 2.20. The Morgan fingerprint density at radius 2 is 2.33 bits per heavy atom. The van der Waals surface area contributed by atoms with E-state index in [9.17, 15) is 9.18 Å². The van der Waals surface area contributed by atoms with Gasteiger partial charge in [0.05, 0.1) is 16.8 Å². The molecule has 1 aromatic heterocycles. The summed E-state index contributed by atoms with van der Waals surface area (Å²) >= 11 is 5.84. The first-order valence-corrected chi connectivity index (χ1v) is 5.64. The van der Waals surface area contributed by atoms with Crippen LogP contribution in [0.15, 0.2) is 30.6 Å². The van der Waals surface area contributed by atoms with Crippen LogP contribution in [0.1, 0.15) is 15.9 Å². The second-order valence-corrected chi connectivity index (χ2v) is 4.27. The standard InChI is InChI=1S/C12H11ClFN3O/c1-17(7-8-5-15-16-6-8)12(18)11-9(13)3-2-4-10(11)14/h2-6H,7H2,1H3,(H,15,16). The van der Waals surface area contributed by atoms with Crippen LogP contribution in [0.2, 0.25) is 5.02 Å². The Labute approximate surface area is 108 Å². The average Bonchev–Trinajstić information content (AvgIpc) is 2.81. The normalized spacial score (nSPS) is 10.4. The lowest BCUT2D eigenvalue weighted by Crippen LogP contribution is -2.27. The molecule has 0 bridgehead atoms. The molecule has 1 heterocycles. The summed E-state index contributed by atoms with van der Waals surface area (Å²) < 4.78 is 13.6. The number of nitrogens with zero attached hydrogens (tertiary/aromatic N) is 2. The van der Waals surface area contributed by atoms with Gasteiger partial charge in [-0.05, 0) is 12.1 Å². The molecule has 4 nitrogen and oxygen atoms in total. The second kappa shape index (κ2) is 5.18. The van der Waals surface area contributed by atoms with Gasteiger partial charge in [0.25, 0.3) is 5.91 Å². The summed E-state index contributed by atoms with van der Waals surface area (Å²) in [5.41, 5.74) is 0.725. The van der Waals surface area contributed by atoms with Gasteiger partial charge in [-0.1, -0.05) is 17.7 Å². The van der Waals surface area contributed by atoms with Gasteiger partial charge in [0.1, 0.15) is 5.82 Å². The van der Waals surface area contributed by atoms with Crippen LogP contribution in [-0.4, -0.2) is 28.1 Å². The number of hydrogen-bond acceptors (Lipinski definition) is 2. The van der Waals surface area contributed by atoms with E-state index < -0.39 is 11.7 Å². The lowest BCUT2D eigenvalue weighted by Gasteiger charge is -2.17. The van der Waals surface area contributed by atoms with Crippen molar-refractivity contribution in [3.05, 3.63) is 52.6 Å². The maximum atomic E-state index is 13.6. The maximum absolute atomic E-state index is 13.6. The van der Waals surface area contributed by atoms with Crippen LogP contribution in [0.5, 0.6) is 0 Å². The SMILES string of the molecule is CN(Cc1cn[nH]c1)C(=O)c1c(F)cccc1Cl. The van der Waals surface area contributed by atoms with E-state index in [1.807, 2.05) is 0 Å². The summed E-state index contributed by atoms with van der Waals surface area (Å²) in [5.74, 6) is -1.08. The van der Waals surface area contributed by atoms with Gasteiger partial charge in [-0.3, -0.25) is 9.89 Å². The number of H-pyrrole nitrogens is 1. The Morgan fingerprint density at radius 1 is 1.56 bits per heavy atom. The van der Waals surface area contributed by atoms with Crippen molar-refractivity contribution < 1.29 is 9.18 Å². The largest absolute Gasteiger partial charge is 0.337 e. The van der Waals surface area contributed by atoms with Gasteiger partial charge >= 0.3 is 0 Å². The summed E-state index contributed by atoms with van der Waals surface area (Å²) in [6, 6.07) is 4.17. The summed E-state index contributed by atoms with van der Waals surface area (Å²) in [4.78, 5) is 13.5. The number of nitrogens with one attached hydrogen (secondary N) is 1. The van der Waals surface area contributed by atoms with Gasteiger partial charge in [0.15, 0.2) is 0 Å². The van der Waals surface area contributed by atoms with Gasteiger partial charge in [-0.15, -0.1) is 0 Å². The molecule has 0 aliphatic carbocycles. The zero-order valence-electron chi connectivity index (χ0n) is 9.65. The molecule has 1 amide bonds. The number of aromatic amines is 1. The molecule has 0 fully saturated rings. The number of amides is 1. The number of hydrogen-bond donors (Lipinski definition) is 1. The summed E-state index contributed by atoms with van der Waals surface area (Å²) in [5, 5.41) is 6.54. The van der Waals surface area contributed by atoms with E-state index in [-0.39, 0.29) is 10.6 Å². The summed E-state index contributed by atoms with van der Waals surface area (Å²) in [6.45, 7) is 0.333. The summed E-state index contributed by atoms with van der Waals surface area (Å²) in [7, 11) is 1.58. The van der Waals surface area contributed by atoms with Crippen molar-refractivity contribution in [3.63, 3.8) is 0 Å². The molecule has 0 aliphatic heterocycles. The first-order valence-electron chi connectivity index (χ1n) is 5.26. The topological polar surface area (TPSA) is 49.0 Å². The molecule has 18 heavy (non-hydrogen) atoms. The van der Waals surface area contributed by atoms with E-state index in [2.05, 4.69) is 10.2 Å². The fourth-order valence-electron chi connectivity index (χ4n) is 1.60. The van der Waals surface area contributed by atoms with Crippen LogP contribution in [0, 0.1) is 5.82 Å². The molecule has 6 heteroatoms. The third-order valence-corrected chi connectivity index (χ3v) is 2.81. The molecular weight excluding hydrogens is 257 g/mol. The number of carbonyl (C=O) groups is 1. The highest BCUT2D eigenvalue weighted by atomic mass is 35.5. The minimum absolute atomic E-state index is 0.106. The van der Waals surface area contributed by atoms with Crippen molar-refractivity contribution in [2.75, 3.05) is 7.05 Å². The molecule has 0 unspecified atom stereocenters. The highest BCUT2D eigenvalue weighted by molar-refractivity contribution is 6.33. The molecule has 0 spiro atoms. The minimum atomic E-state index is -0.619. The van der Waals surface area contributed by atoms with Crippen LogP contribution >= 0.6 is 11.6 Å². The quantitative estimate of drug-likeness (QED) is 0.929. The lowest BCUT2D eigenvalue weighted by atomic mass is 10.2. The average molecular weight is 268 g/mol. The van der Waals surface area contributed by atoms with Crippen molar-refractivity contribution in [1.29, 1.82) is 0 Å². The molecule has 0 saturated heterocycles. The predicted molar refractivity (Wildman–Crippen MR) is 65.8 cm³/mol. The van der Waals surface area contributed by atoms with Gasteiger partial charge in [0, 0.05) is 25.4 Å². The zero-order chi connectivity index (χ0) is 13.1. The fourth-order valence-corrected chi connectivity index (χ4v) is 1.85. The number of carbonyl (C=O) groups excluding carboxylic acids is 1. The second-order valence-electron chi connectivity index (χ2n) is 3.86. The molecule has 1 aromatic carbocycles. The van der Waals surface area contributed by atoms with E-state index in [0.717, 1.165) is 5.56 Å². The molecule has 0 saturated carbocycles. The number of benzene rings is 1. The Bertz CT molecular complexity index is 536. The van der Waals surface area contributed by atoms with Gasteiger partial charge in [-0.25, -0.2) is 4.39 Å². The molecule has 0 aliphatic rings. The Morgan fingerprint density at radius 3 is 2.94 bits per heavy atom. The Kier molecular flexibility index (Phi) is 3.62. The van der Waals surface area contributed by atoms with Crippen LogP contribution in [0.3, 0.4) is 0 Å². The molecular formula is C12H11ClFN3O. The van der Waals surface area contributed by atoms with Crippen molar-refractivity contribution >= 4 is 17.5 Å². The molecule has 94 valence electrons. The highest BCUT2D eigenvalue weighted by Gasteiger charge is 2.19. The third kappa shape index (κ3) is 2.51. The molecule has 1 N–H and O–H groups in total. The van der Waals surface area contributed by atoms with Crippen molar-refractivity contribution in [2.24, 2.45) is 0 Å².